The first-order valence-electron chi connectivity index (χ1n) is 9.44. The molecule has 168 valence electrons. The van der Waals surface area contributed by atoms with E-state index in [0.29, 0.717) is 17.2 Å². The zero-order chi connectivity index (χ0) is 23.3. The van der Waals surface area contributed by atoms with Gasteiger partial charge in [0.05, 0.1) is 25.0 Å². The Morgan fingerprint density at radius 2 is 1.88 bits per heavy atom. The van der Waals surface area contributed by atoms with E-state index in [9.17, 15) is 19.2 Å². The number of nitrogens with one attached hydrogen (secondary N) is 1. The van der Waals surface area contributed by atoms with Crippen LogP contribution in [0.1, 0.15) is 16.8 Å². The summed E-state index contributed by atoms with van der Waals surface area (Å²) in [6.07, 6.45) is 1.49. The third-order valence-electron chi connectivity index (χ3n) is 4.55. The molecule has 1 unspecified atom stereocenters. The Labute approximate surface area is 188 Å². The van der Waals surface area contributed by atoms with Crippen LogP contribution in [0, 0.1) is 0 Å². The van der Waals surface area contributed by atoms with E-state index < -0.39 is 23.7 Å². The number of rotatable bonds is 8. The van der Waals surface area contributed by atoms with Crippen LogP contribution in [0.3, 0.4) is 0 Å². The minimum atomic E-state index is -0.774. The summed E-state index contributed by atoms with van der Waals surface area (Å²) >= 11 is 1.01. The van der Waals surface area contributed by atoms with Crippen LogP contribution in [0.2, 0.25) is 0 Å². The van der Waals surface area contributed by atoms with Crippen molar-refractivity contribution in [2.45, 2.75) is 16.7 Å². The number of hydrogen-bond acceptors (Lipinski definition) is 9. The highest BCUT2D eigenvalue weighted by Crippen LogP contribution is 2.32. The topological polar surface area (TPSA) is 124 Å². The number of carbonyl (C=O) groups is 4. The van der Waals surface area contributed by atoms with Crippen LogP contribution in [-0.4, -0.2) is 66.7 Å². The van der Waals surface area contributed by atoms with Crippen molar-refractivity contribution in [1.29, 1.82) is 0 Å². The van der Waals surface area contributed by atoms with Crippen LogP contribution in [0.4, 0.5) is 5.69 Å². The van der Waals surface area contributed by atoms with Crippen LogP contribution < -0.4 is 14.8 Å². The van der Waals surface area contributed by atoms with Crippen molar-refractivity contribution in [2.75, 3.05) is 33.2 Å². The molecule has 32 heavy (non-hydrogen) atoms. The van der Waals surface area contributed by atoms with Gasteiger partial charge in [-0.3, -0.25) is 19.3 Å². The summed E-state index contributed by atoms with van der Waals surface area (Å²) in [5.41, 5.74) is 0.511. The van der Waals surface area contributed by atoms with Crippen molar-refractivity contribution in [3.05, 3.63) is 42.1 Å². The Morgan fingerprint density at radius 1 is 1.19 bits per heavy atom. The van der Waals surface area contributed by atoms with E-state index in [0.717, 1.165) is 16.7 Å². The highest BCUT2D eigenvalue weighted by atomic mass is 32.2. The van der Waals surface area contributed by atoms with Crippen LogP contribution in [0.5, 0.6) is 11.5 Å². The lowest BCUT2D eigenvalue weighted by Gasteiger charge is -2.12. The number of pyridine rings is 1. The standard InChI is InChI=1S/C21H21N3O7S/c1-24-18(26)10-16(20(24)27)32-19-15(5-4-6-22-19)21(28)31-11-17(25)23-12-7-13(29-2)9-14(8-12)30-3/h4-9,16H,10-11H2,1-3H3,(H,23,25). The van der Waals surface area contributed by atoms with Gasteiger partial charge in [0.1, 0.15) is 16.5 Å². The zero-order valence-corrected chi connectivity index (χ0v) is 18.4. The number of amides is 3. The second-order valence-corrected chi connectivity index (χ2v) is 7.87. The molecular formula is C21H21N3O7S. The average molecular weight is 459 g/mol. The minimum absolute atomic E-state index is 0.0253. The lowest BCUT2D eigenvalue weighted by molar-refractivity contribution is -0.136. The number of methoxy groups -OCH3 is 2. The van der Waals surface area contributed by atoms with Gasteiger partial charge in [-0.2, -0.15) is 0 Å². The number of carbonyl (C=O) groups excluding carboxylic acids is 4. The fourth-order valence-corrected chi connectivity index (χ4v) is 4.03. The molecule has 1 aromatic carbocycles. The number of esters is 1. The van der Waals surface area contributed by atoms with Crippen molar-refractivity contribution in [3.63, 3.8) is 0 Å². The number of nitrogens with zero attached hydrogens (tertiary/aromatic N) is 2. The van der Waals surface area contributed by atoms with Crippen molar-refractivity contribution in [3.8, 4) is 11.5 Å². The number of hydrogen-bond donors (Lipinski definition) is 1. The van der Waals surface area contributed by atoms with E-state index >= 15 is 0 Å². The molecule has 1 fully saturated rings. The first kappa shape index (κ1) is 23.1. The van der Waals surface area contributed by atoms with E-state index in [1.54, 1.807) is 18.2 Å². The fourth-order valence-electron chi connectivity index (χ4n) is 2.87. The number of imide groups is 1. The van der Waals surface area contributed by atoms with Crippen molar-refractivity contribution < 1.29 is 33.4 Å². The molecule has 3 rings (SSSR count). The predicted molar refractivity (Wildman–Crippen MR) is 115 cm³/mol. The average Bonchev–Trinajstić information content (AvgIpc) is 3.03. The third-order valence-corrected chi connectivity index (χ3v) is 5.76. The van der Waals surface area contributed by atoms with Crippen LogP contribution in [0.25, 0.3) is 0 Å². The third kappa shape index (κ3) is 5.35. The van der Waals surface area contributed by atoms with Crippen LogP contribution >= 0.6 is 11.8 Å². The van der Waals surface area contributed by atoms with Gasteiger partial charge in [0, 0.05) is 43.6 Å². The molecule has 10 nitrogen and oxygen atoms in total. The van der Waals surface area contributed by atoms with Crippen LogP contribution in [0.15, 0.2) is 41.6 Å². The van der Waals surface area contributed by atoms with Gasteiger partial charge in [0.15, 0.2) is 6.61 Å². The molecule has 1 aliphatic heterocycles. The molecular weight excluding hydrogens is 438 g/mol. The first-order valence-corrected chi connectivity index (χ1v) is 10.3. The molecule has 0 radical (unpaired) electrons. The van der Waals surface area contributed by atoms with Gasteiger partial charge >= 0.3 is 5.97 Å². The largest absolute Gasteiger partial charge is 0.497 e. The molecule has 1 aliphatic rings. The lowest BCUT2D eigenvalue weighted by atomic mass is 10.2. The van der Waals surface area contributed by atoms with Gasteiger partial charge in [-0.25, -0.2) is 9.78 Å². The summed E-state index contributed by atoms with van der Waals surface area (Å²) in [6.45, 7) is -0.541. The smallest absolute Gasteiger partial charge is 0.341 e. The predicted octanol–water partition coefficient (Wildman–Crippen LogP) is 1.74. The highest BCUT2D eigenvalue weighted by Gasteiger charge is 2.37. The fraction of sp³-hybridized carbons (Fsp3) is 0.286. The molecule has 1 saturated heterocycles. The van der Waals surface area contributed by atoms with Gasteiger partial charge < -0.3 is 19.5 Å². The second-order valence-electron chi connectivity index (χ2n) is 6.68. The van der Waals surface area contributed by atoms with E-state index in [2.05, 4.69) is 10.3 Å². The van der Waals surface area contributed by atoms with E-state index in [1.165, 1.54) is 39.6 Å². The van der Waals surface area contributed by atoms with Gasteiger partial charge in [-0.05, 0) is 12.1 Å². The summed E-state index contributed by atoms with van der Waals surface area (Å²) < 4.78 is 15.4. The molecule has 2 heterocycles. The summed E-state index contributed by atoms with van der Waals surface area (Å²) in [5.74, 6) is -1.01. The number of anilines is 1. The molecule has 0 spiro atoms. The van der Waals surface area contributed by atoms with Crippen molar-refractivity contribution in [2.24, 2.45) is 0 Å². The number of thioether (sulfide) groups is 1. The minimum Gasteiger partial charge on any atom is -0.497 e. The summed E-state index contributed by atoms with van der Waals surface area (Å²) in [6, 6.07) is 7.85. The van der Waals surface area contributed by atoms with E-state index in [1.807, 2.05) is 0 Å². The molecule has 1 aromatic heterocycles. The maximum Gasteiger partial charge on any atom is 0.341 e. The second kappa shape index (κ2) is 10.1. The highest BCUT2D eigenvalue weighted by molar-refractivity contribution is 8.00. The monoisotopic (exact) mass is 459 g/mol. The van der Waals surface area contributed by atoms with Gasteiger partial charge in [-0.1, -0.05) is 11.8 Å². The van der Waals surface area contributed by atoms with Gasteiger partial charge in [0.25, 0.3) is 5.91 Å². The molecule has 3 amide bonds. The maximum absolute atomic E-state index is 12.5. The number of aromatic nitrogens is 1. The molecule has 0 saturated carbocycles. The first-order chi connectivity index (χ1) is 15.3. The lowest BCUT2D eigenvalue weighted by Crippen LogP contribution is -2.26. The summed E-state index contributed by atoms with van der Waals surface area (Å²) in [5, 5.41) is 2.18. The SMILES string of the molecule is COc1cc(NC(=O)COC(=O)c2cccnc2SC2CC(=O)N(C)C2=O)cc(OC)c1. The summed E-state index contributed by atoms with van der Waals surface area (Å²) in [4.78, 5) is 53.9. The maximum atomic E-state index is 12.5. The van der Waals surface area contributed by atoms with Crippen molar-refractivity contribution in [1.82, 2.24) is 9.88 Å². The Bertz CT molecular complexity index is 1040. The molecule has 2 aromatic rings. The molecule has 0 bridgehead atoms. The van der Waals surface area contributed by atoms with E-state index in [4.69, 9.17) is 14.2 Å². The normalized spacial score (nSPS) is 15.5. The zero-order valence-electron chi connectivity index (χ0n) is 17.6. The quantitative estimate of drug-likeness (QED) is 0.464. The van der Waals surface area contributed by atoms with Crippen molar-refractivity contribution >= 4 is 41.1 Å². The van der Waals surface area contributed by atoms with Gasteiger partial charge in [0.2, 0.25) is 11.8 Å². The molecule has 11 heteroatoms. The molecule has 1 atom stereocenters. The van der Waals surface area contributed by atoms with Gasteiger partial charge in [-0.15, -0.1) is 0 Å². The van der Waals surface area contributed by atoms with Crippen LogP contribution in [-0.2, 0) is 19.1 Å². The Hall–Kier alpha value is -3.60. The Balaban J connectivity index is 1.63. The molecule has 1 N–H and O–H groups in total. The summed E-state index contributed by atoms with van der Waals surface area (Å²) in [7, 11) is 4.38. The number of ether oxygens (including phenoxy) is 3. The molecule has 0 aliphatic carbocycles. The number of benzene rings is 1. The Kier molecular flexibility index (Phi) is 7.31. The van der Waals surface area contributed by atoms with E-state index in [-0.39, 0.29) is 28.8 Å². The number of likely N-dealkylation sites (tertiary alicyclic amines) is 1. The Morgan fingerprint density at radius 3 is 2.47 bits per heavy atom.